The van der Waals surface area contributed by atoms with Gasteiger partial charge in [-0.25, -0.2) is 9.37 Å². The Morgan fingerprint density at radius 3 is 3.15 bits per heavy atom. The first-order valence-electron chi connectivity index (χ1n) is 8.61. The van der Waals surface area contributed by atoms with E-state index in [4.69, 9.17) is 20.8 Å². The highest BCUT2D eigenvalue weighted by molar-refractivity contribution is 6.32. The Labute approximate surface area is 156 Å². The fourth-order valence-corrected chi connectivity index (χ4v) is 3.28. The number of halogens is 2. The Morgan fingerprint density at radius 2 is 2.38 bits per heavy atom. The number of rotatable bonds is 7. The molecule has 1 aromatic carbocycles. The second-order valence-corrected chi connectivity index (χ2v) is 6.53. The van der Waals surface area contributed by atoms with Crippen molar-refractivity contribution in [1.29, 1.82) is 0 Å². The summed E-state index contributed by atoms with van der Waals surface area (Å²) in [4.78, 5) is 18.7. The van der Waals surface area contributed by atoms with E-state index in [1.54, 1.807) is 0 Å². The third kappa shape index (κ3) is 4.53. The maximum absolute atomic E-state index is 13.0. The lowest BCUT2D eigenvalue weighted by Crippen LogP contribution is -2.40. The molecule has 1 aromatic heterocycles. The number of aromatic nitrogens is 1. The van der Waals surface area contributed by atoms with Crippen LogP contribution >= 0.6 is 11.6 Å². The molecule has 2 aromatic rings. The van der Waals surface area contributed by atoms with Gasteiger partial charge in [0, 0.05) is 12.6 Å². The van der Waals surface area contributed by atoms with Crippen LogP contribution in [-0.4, -0.2) is 41.5 Å². The molecule has 1 N–H and O–H groups in total. The molecule has 0 saturated carbocycles. The van der Waals surface area contributed by atoms with E-state index in [-0.39, 0.29) is 29.1 Å². The highest BCUT2D eigenvalue weighted by Crippen LogP contribution is 2.25. The van der Waals surface area contributed by atoms with E-state index in [0.717, 1.165) is 32.0 Å². The molecule has 0 spiro atoms. The monoisotopic (exact) mass is 381 g/mol. The third-order valence-electron chi connectivity index (χ3n) is 4.43. The molecular weight excluding hydrogens is 361 g/mol. The van der Waals surface area contributed by atoms with Crippen molar-refractivity contribution in [2.45, 2.75) is 32.4 Å². The number of amides is 1. The van der Waals surface area contributed by atoms with E-state index in [0.29, 0.717) is 18.3 Å². The number of benzene rings is 1. The number of hydrogen-bond acceptors (Lipinski definition) is 5. The maximum Gasteiger partial charge on any atom is 0.273 e. The van der Waals surface area contributed by atoms with Gasteiger partial charge in [-0.1, -0.05) is 18.5 Å². The van der Waals surface area contributed by atoms with Gasteiger partial charge in [-0.15, -0.1) is 0 Å². The SMILES string of the molecule is CCN1CCCC1CNC(=O)c1coc(COc2ccc(F)cc2Cl)n1. The minimum atomic E-state index is -0.443. The lowest BCUT2D eigenvalue weighted by Gasteiger charge is -2.22. The molecule has 2 heterocycles. The molecule has 0 radical (unpaired) electrons. The summed E-state index contributed by atoms with van der Waals surface area (Å²) in [6, 6.07) is 4.21. The summed E-state index contributed by atoms with van der Waals surface area (Å²) in [7, 11) is 0. The summed E-state index contributed by atoms with van der Waals surface area (Å²) >= 11 is 5.89. The second kappa shape index (κ2) is 8.51. The number of likely N-dealkylation sites (tertiary alicyclic amines) is 1. The Hall–Kier alpha value is -2.12. The van der Waals surface area contributed by atoms with Crippen LogP contribution in [0.25, 0.3) is 0 Å². The largest absolute Gasteiger partial charge is 0.482 e. The smallest absolute Gasteiger partial charge is 0.273 e. The normalized spacial score (nSPS) is 17.4. The van der Waals surface area contributed by atoms with Gasteiger partial charge >= 0.3 is 0 Å². The van der Waals surface area contributed by atoms with Crippen LogP contribution in [-0.2, 0) is 6.61 Å². The van der Waals surface area contributed by atoms with Crippen LogP contribution in [0.1, 0.15) is 36.1 Å². The van der Waals surface area contributed by atoms with Crippen LogP contribution in [0, 0.1) is 5.82 Å². The average molecular weight is 382 g/mol. The van der Waals surface area contributed by atoms with Gasteiger partial charge in [0.25, 0.3) is 5.91 Å². The van der Waals surface area contributed by atoms with Crippen LogP contribution in [0.2, 0.25) is 5.02 Å². The summed E-state index contributed by atoms with van der Waals surface area (Å²) < 4.78 is 23.7. The Kier molecular flexibility index (Phi) is 6.11. The quantitative estimate of drug-likeness (QED) is 0.797. The predicted molar refractivity (Wildman–Crippen MR) is 94.8 cm³/mol. The molecule has 0 aliphatic carbocycles. The van der Waals surface area contributed by atoms with E-state index >= 15 is 0 Å². The van der Waals surface area contributed by atoms with Crippen LogP contribution in [0.5, 0.6) is 5.75 Å². The minimum absolute atomic E-state index is 0.00906. The van der Waals surface area contributed by atoms with Crippen LogP contribution in [0.3, 0.4) is 0 Å². The van der Waals surface area contributed by atoms with Gasteiger partial charge in [-0.05, 0) is 44.1 Å². The third-order valence-corrected chi connectivity index (χ3v) is 4.73. The van der Waals surface area contributed by atoms with Crippen molar-refractivity contribution < 1.29 is 18.3 Å². The van der Waals surface area contributed by atoms with Gasteiger partial charge in [-0.3, -0.25) is 9.69 Å². The van der Waals surface area contributed by atoms with Gasteiger partial charge < -0.3 is 14.5 Å². The topological polar surface area (TPSA) is 67.6 Å². The number of carbonyl (C=O) groups excluding carboxylic acids is 1. The molecule has 1 saturated heterocycles. The molecule has 26 heavy (non-hydrogen) atoms. The van der Waals surface area contributed by atoms with Crippen molar-refractivity contribution in [2.24, 2.45) is 0 Å². The van der Waals surface area contributed by atoms with Gasteiger partial charge in [0.2, 0.25) is 5.89 Å². The van der Waals surface area contributed by atoms with E-state index in [9.17, 15) is 9.18 Å². The summed E-state index contributed by atoms with van der Waals surface area (Å²) in [6.07, 6.45) is 3.54. The zero-order valence-corrected chi connectivity index (χ0v) is 15.3. The first kappa shape index (κ1) is 18.7. The van der Waals surface area contributed by atoms with Crippen molar-refractivity contribution in [3.05, 3.63) is 46.9 Å². The zero-order chi connectivity index (χ0) is 18.5. The number of ether oxygens (including phenoxy) is 1. The Balaban J connectivity index is 1.51. The molecule has 6 nitrogen and oxygen atoms in total. The number of nitrogens with zero attached hydrogens (tertiary/aromatic N) is 2. The Morgan fingerprint density at radius 1 is 1.54 bits per heavy atom. The highest BCUT2D eigenvalue weighted by Gasteiger charge is 2.24. The first-order valence-corrected chi connectivity index (χ1v) is 8.99. The summed E-state index contributed by atoms with van der Waals surface area (Å²) in [5.74, 6) is -0.158. The van der Waals surface area contributed by atoms with Gasteiger partial charge in [0.15, 0.2) is 12.3 Å². The lowest BCUT2D eigenvalue weighted by atomic mass is 10.2. The summed E-state index contributed by atoms with van der Waals surface area (Å²) in [5.41, 5.74) is 0.204. The number of nitrogens with one attached hydrogen (secondary N) is 1. The average Bonchev–Trinajstić information content (AvgIpc) is 3.28. The van der Waals surface area contributed by atoms with E-state index < -0.39 is 5.82 Å². The lowest BCUT2D eigenvalue weighted by molar-refractivity contribution is 0.0936. The van der Waals surface area contributed by atoms with Crippen molar-refractivity contribution >= 4 is 17.5 Å². The van der Waals surface area contributed by atoms with E-state index in [1.807, 2.05) is 0 Å². The van der Waals surface area contributed by atoms with Gasteiger partial charge in [0.05, 0.1) is 5.02 Å². The maximum atomic E-state index is 13.0. The molecule has 1 aliphatic rings. The van der Waals surface area contributed by atoms with Crippen molar-refractivity contribution in [1.82, 2.24) is 15.2 Å². The van der Waals surface area contributed by atoms with Gasteiger partial charge in [0.1, 0.15) is 17.8 Å². The van der Waals surface area contributed by atoms with Crippen LogP contribution < -0.4 is 10.1 Å². The molecule has 1 aliphatic heterocycles. The second-order valence-electron chi connectivity index (χ2n) is 6.12. The Bertz CT molecular complexity index is 768. The van der Waals surface area contributed by atoms with Crippen LogP contribution in [0.4, 0.5) is 4.39 Å². The van der Waals surface area contributed by atoms with Gasteiger partial charge in [-0.2, -0.15) is 0 Å². The molecule has 0 bridgehead atoms. The molecule has 1 unspecified atom stereocenters. The van der Waals surface area contributed by atoms with Crippen molar-refractivity contribution in [3.8, 4) is 5.75 Å². The molecule has 140 valence electrons. The molecule has 1 fully saturated rings. The predicted octanol–water partition coefficient (Wildman–Crippen LogP) is 3.26. The number of likely N-dealkylation sites (N-methyl/N-ethyl adjacent to an activating group) is 1. The van der Waals surface area contributed by atoms with E-state index in [2.05, 4.69) is 22.1 Å². The molecule has 1 amide bonds. The van der Waals surface area contributed by atoms with Crippen LogP contribution in [0.15, 0.2) is 28.9 Å². The number of oxazole rings is 1. The fraction of sp³-hybridized carbons (Fsp3) is 0.444. The number of hydrogen-bond donors (Lipinski definition) is 1. The van der Waals surface area contributed by atoms with E-state index in [1.165, 1.54) is 18.4 Å². The van der Waals surface area contributed by atoms with Crippen molar-refractivity contribution in [2.75, 3.05) is 19.6 Å². The molecule has 1 atom stereocenters. The first-order chi connectivity index (χ1) is 12.6. The molecule has 8 heteroatoms. The van der Waals surface area contributed by atoms with Crippen molar-refractivity contribution in [3.63, 3.8) is 0 Å². The minimum Gasteiger partial charge on any atom is -0.482 e. The molecule has 3 rings (SSSR count). The fourth-order valence-electron chi connectivity index (χ4n) is 3.06. The molecular formula is C18H21ClFN3O3. The standard InChI is InChI=1S/C18H21ClFN3O3/c1-2-23-7-3-4-13(23)9-21-18(24)15-10-26-17(22-15)11-25-16-6-5-12(20)8-14(16)19/h5-6,8,10,13H,2-4,7,9,11H2,1H3,(H,21,24). The summed E-state index contributed by atoms with van der Waals surface area (Å²) in [6.45, 7) is 4.77. The zero-order valence-electron chi connectivity index (χ0n) is 14.5. The highest BCUT2D eigenvalue weighted by atomic mass is 35.5. The number of carbonyl (C=O) groups is 1. The summed E-state index contributed by atoms with van der Waals surface area (Å²) in [5, 5.41) is 3.06.